The number of hydrogen-bond acceptors (Lipinski definition) is 8. The molecule has 260 valence electrons. The number of benzene rings is 2. The van der Waals surface area contributed by atoms with Crippen molar-refractivity contribution in [2.24, 2.45) is 11.8 Å². The van der Waals surface area contributed by atoms with Gasteiger partial charge in [0, 0.05) is 35.4 Å². The lowest BCUT2D eigenvalue weighted by molar-refractivity contribution is -0.140. The molecule has 0 radical (unpaired) electrons. The number of fused-ring (bicyclic) bond motifs is 1. The summed E-state index contributed by atoms with van der Waals surface area (Å²) in [5, 5.41) is 16.6. The standard InChI is InChI=1S/C37H44N4O7S/c1-8-23-19-37(23,34(43)44)40-32(49)29-17-25(20-41(29)33(42)31(21(2)3)39-35(45)48-36(4,5)6)47-30-18-27(22-12-10-9-11-13-22)38-28-16-24(46-7)14-15-26(28)30/h8-16,18,21,23,25,29,31H,1,17,19-20H2,2-7H3,(H,39,45)(H,40,49)(H,43,44)/t23?,25-,29+,31?,37-/m1/s1. The topological polar surface area (TPSA) is 139 Å². The minimum Gasteiger partial charge on any atom is -0.497 e. The summed E-state index contributed by atoms with van der Waals surface area (Å²) in [4.78, 5) is 46.1. The number of carbonyl (C=O) groups is 3. The van der Waals surface area contributed by atoms with Crippen molar-refractivity contribution in [1.29, 1.82) is 0 Å². The lowest BCUT2D eigenvalue weighted by Crippen LogP contribution is -2.57. The summed E-state index contributed by atoms with van der Waals surface area (Å²) in [6.07, 6.45) is 0.961. The first kappa shape index (κ1) is 35.6. The Hall–Kier alpha value is -4.71. The molecule has 2 heterocycles. The largest absolute Gasteiger partial charge is 0.497 e. The van der Waals surface area contributed by atoms with Crippen molar-refractivity contribution < 1.29 is 33.7 Å². The van der Waals surface area contributed by atoms with Gasteiger partial charge in [-0.2, -0.15) is 0 Å². The number of nitrogens with zero attached hydrogens (tertiary/aromatic N) is 2. The molecular weight excluding hydrogens is 644 g/mol. The molecule has 1 saturated heterocycles. The van der Waals surface area contributed by atoms with Crippen molar-refractivity contribution in [1.82, 2.24) is 20.5 Å². The molecule has 3 N–H and O–H groups in total. The van der Waals surface area contributed by atoms with Gasteiger partial charge in [-0.3, -0.25) is 4.79 Å². The number of aromatic nitrogens is 1. The highest BCUT2D eigenvalue weighted by Gasteiger charge is 2.60. The fourth-order valence-corrected chi connectivity index (χ4v) is 6.56. The van der Waals surface area contributed by atoms with Gasteiger partial charge in [0.1, 0.15) is 34.8 Å². The Morgan fingerprint density at radius 2 is 1.86 bits per heavy atom. The van der Waals surface area contributed by atoms with Gasteiger partial charge in [-0.05, 0) is 45.2 Å². The van der Waals surface area contributed by atoms with E-state index in [-0.39, 0.29) is 35.7 Å². The molecule has 0 bridgehead atoms. The zero-order chi connectivity index (χ0) is 35.7. The quantitative estimate of drug-likeness (QED) is 0.169. The highest BCUT2D eigenvalue weighted by Crippen LogP contribution is 2.45. The number of aliphatic carboxylic acids is 1. The Bertz CT molecular complexity index is 1760. The van der Waals surface area contributed by atoms with E-state index in [9.17, 15) is 19.5 Å². The molecule has 2 unspecified atom stereocenters. The van der Waals surface area contributed by atoms with E-state index >= 15 is 0 Å². The number of likely N-dealkylation sites (tertiary alicyclic amines) is 1. The van der Waals surface area contributed by atoms with Crippen molar-refractivity contribution >= 4 is 46.1 Å². The maximum absolute atomic E-state index is 14.3. The molecule has 2 fully saturated rings. The molecule has 2 aromatic carbocycles. The number of nitrogens with one attached hydrogen (secondary N) is 2. The van der Waals surface area contributed by atoms with Crippen molar-refractivity contribution in [2.75, 3.05) is 13.7 Å². The fraction of sp³-hybridized carbons (Fsp3) is 0.432. The fourth-order valence-electron chi connectivity index (χ4n) is 6.16. The molecule has 1 aliphatic heterocycles. The van der Waals surface area contributed by atoms with Crippen molar-refractivity contribution in [3.05, 3.63) is 67.3 Å². The maximum Gasteiger partial charge on any atom is 0.408 e. The molecule has 11 nitrogen and oxygen atoms in total. The molecule has 12 heteroatoms. The summed E-state index contributed by atoms with van der Waals surface area (Å²) in [7, 11) is 1.59. The number of ether oxygens (including phenoxy) is 3. The average molecular weight is 689 g/mol. The van der Waals surface area contributed by atoms with Gasteiger partial charge < -0.3 is 34.9 Å². The average Bonchev–Trinajstić information content (AvgIpc) is 3.61. The van der Waals surface area contributed by atoms with Crippen LogP contribution in [-0.2, 0) is 14.3 Å². The minimum atomic E-state index is -1.29. The van der Waals surface area contributed by atoms with Crippen LogP contribution in [0, 0.1) is 11.8 Å². The Kier molecular flexibility index (Phi) is 10.2. The van der Waals surface area contributed by atoms with E-state index in [4.69, 9.17) is 31.4 Å². The lowest BCUT2D eigenvalue weighted by atomic mass is 10.0. The number of carbonyl (C=O) groups excluding carboxylic acids is 2. The lowest BCUT2D eigenvalue weighted by Gasteiger charge is -2.32. The van der Waals surface area contributed by atoms with Gasteiger partial charge in [0.25, 0.3) is 0 Å². The SMILES string of the molecule is C=CC1C[C@]1(NC(=S)[C@@H]1C[C@@H](Oc2cc(-c3ccccc3)nc3cc(OC)ccc23)CN1C(=O)C(NC(=O)OC(C)(C)C)C(C)C)C(=O)O. The molecule has 2 aliphatic rings. The van der Waals surface area contributed by atoms with Crippen LogP contribution in [0.5, 0.6) is 11.5 Å². The molecule has 1 aliphatic carbocycles. The zero-order valence-corrected chi connectivity index (χ0v) is 29.5. The van der Waals surface area contributed by atoms with Crippen LogP contribution in [-0.4, -0.2) is 80.9 Å². The summed E-state index contributed by atoms with van der Waals surface area (Å²) >= 11 is 5.84. The van der Waals surface area contributed by atoms with Crippen LogP contribution in [0.25, 0.3) is 22.2 Å². The molecule has 0 spiro atoms. The molecule has 49 heavy (non-hydrogen) atoms. The smallest absolute Gasteiger partial charge is 0.408 e. The summed E-state index contributed by atoms with van der Waals surface area (Å²) in [6, 6.07) is 15.5. The predicted octanol–water partition coefficient (Wildman–Crippen LogP) is 5.75. The van der Waals surface area contributed by atoms with Gasteiger partial charge in [-0.15, -0.1) is 6.58 Å². The van der Waals surface area contributed by atoms with Crippen molar-refractivity contribution in [3.63, 3.8) is 0 Å². The number of thiocarbonyl (C=S) groups is 1. The first-order chi connectivity index (χ1) is 23.2. The summed E-state index contributed by atoms with van der Waals surface area (Å²) in [6.45, 7) is 12.8. The van der Waals surface area contributed by atoms with Gasteiger partial charge in [0.15, 0.2) is 0 Å². The summed E-state index contributed by atoms with van der Waals surface area (Å²) in [5.74, 6) is -0.819. The zero-order valence-electron chi connectivity index (χ0n) is 28.7. The monoisotopic (exact) mass is 688 g/mol. The van der Waals surface area contributed by atoms with Crippen LogP contribution >= 0.6 is 12.2 Å². The van der Waals surface area contributed by atoms with E-state index in [1.165, 1.54) is 0 Å². The molecule has 2 amide bonds. The summed E-state index contributed by atoms with van der Waals surface area (Å²) < 4.78 is 17.6. The summed E-state index contributed by atoms with van der Waals surface area (Å²) in [5.41, 5.74) is 0.220. The Morgan fingerprint density at radius 3 is 2.45 bits per heavy atom. The minimum absolute atomic E-state index is 0.135. The van der Waals surface area contributed by atoms with E-state index in [1.807, 2.05) is 68.4 Å². The van der Waals surface area contributed by atoms with Crippen LogP contribution in [0.15, 0.2) is 67.3 Å². The van der Waals surface area contributed by atoms with Gasteiger partial charge in [-0.1, -0.05) is 62.5 Å². The first-order valence-corrected chi connectivity index (χ1v) is 16.8. The molecular formula is C37H44N4O7S. The Morgan fingerprint density at radius 1 is 1.14 bits per heavy atom. The number of rotatable bonds is 11. The maximum atomic E-state index is 14.3. The van der Waals surface area contributed by atoms with Crippen LogP contribution in [0.4, 0.5) is 4.79 Å². The van der Waals surface area contributed by atoms with E-state index in [1.54, 1.807) is 38.9 Å². The third-order valence-electron chi connectivity index (χ3n) is 8.82. The second-order valence-electron chi connectivity index (χ2n) is 13.9. The van der Waals surface area contributed by atoms with Crippen LogP contribution in [0.3, 0.4) is 0 Å². The van der Waals surface area contributed by atoms with E-state index in [0.29, 0.717) is 29.1 Å². The second kappa shape index (κ2) is 14.0. The molecule has 1 saturated carbocycles. The number of carboxylic acid groups (broad SMARTS) is 1. The second-order valence-corrected chi connectivity index (χ2v) is 14.4. The molecule has 5 atom stereocenters. The van der Waals surface area contributed by atoms with E-state index < -0.39 is 41.4 Å². The number of hydrogen-bond donors (Lipinski definition) is 3. The van der Waals surface area contributed by atoms with Gasteiger partial charge in [-0.25, -0.2) is 14.6 Å². The molecule has 1 aromatic heterocycles. The predicted molar refractivity (Wildman–Crippen MR) is 191 cm³/mol. The first-order valence-electron chi connectivity index (χ1n) is 16.3. The van der Waals surface area contributed by atoms with Crippen molar-refractivity contribution in [2.45, 2.75) is 76.8 Å². The number of pyridine rings is 1. The normalized spacial score (nSPS) is 22.3. The Balaban J connectivity index is 1.49. The molecule has 3 aromatic rings. The number of methoxy groups -OCH3 is 1. The number of amides is 2. The van der Waals surface area contributed by atoms with Crippen LogP contribution in [0.1, 0.15) is 47.5 Å². The van der Waals surface area contributed by atoms with Gasteiger partial charge in [0.05, 0.1) is 35.9 Å². The number of carboxylic acids is 1. The van der Waals surface area contributed by atoms with E-state index in [2.05, 4.69) is 17.2 Å². The van der Waals surface area contributed by atoms with E-state index in [0.717, 1.165) is 10.9 Å². The van der Waals surface area contributed by atoms with Crippen LogP contribution < -0.4 is 20.1 Å². The van der Waals surface area contributed by atoms with Gasteiger partial charge >= 0.3 is 12.1 Å². The van der Waals surface area contributed by atoms with Crippen LogP contribution in [0.2, 0.25) is 0 Å². The van der Waals surface area contributed by atoms with Gasteiger partial charge in [0.2, 0.25) is 5.91 Å². The third-order valence-corrected chi connectivity index (χ3v) is 9.20. The number of alkyl carbamates (subject to hydrolysis) is 1. The Labute approximate surface area is 292 Å². The highest BCUT2D eigenvalue weighted by molar-refractivity contribution is 7.80. The molecule has 5 rings (SSSR count). The van der Waals surface area contributed by atoms with Crippen molar-refractivity contribution in [3.8, 4) is 22.8 Å². The highest BCUT2D eigenvalue weighted by atomic mass is 32.1. The third kappa shape index (κ3) is 7.80.